The van der Waals surface area contributed by atoms with E-state index in [4.69, 9.17) is 0 Å². The fourth-order valence-electron chi connectivity index (χ4n) is 2.24. The van der Waals surface area contributed by atoms with Gasteiger partial charge in [-0.1, -0.05) is 29.8 Å². The summed E-state index contributed by atoms with van der Waals surface area (Å²) < 4.78 is 38.0. The van der Waals surface area contributed by atoms with Gasteiger partial charge in [0, 0.05) is 25.2 Å². The molecular weight excluding hydrogens is 343 g/mol. The number of rotatable bonds is 7. The van der Waals surface area contributed by atoms with Crippen LogP contribution in [0.3, 0.4) is 0 Å². The number of amides is 1. The summed E-state index contributed by atoms with van der Waals surface area (Å²) in [6.07, 6.45) is 1.13. The van der Waals surface area contributed by atoms with Crippen molar-refractivity contribution >= 4 is 21.6 Å². The molecule has 0 aliphatic carbocycles. The lowest BCUT2D eigenvalue weighted by atomic mass is 10.1. The van der Waals surface area contributed by atoms with Crippen molar-refractivity contribution in [1.29, 1.82) is 0 Å². The predicted molar refractivity (Wildman–Crippen MR) is 96.1 cm³/mol. The van der Waals surface area contributed by atoms with Gasteiger partial charge in [-0.3, -0.25) is 4.79 Å². The number of nitrogens with one attached hydrogen (secondary N) is 1. The van der Waals surface area contributed by atoms with E-state index in [0.29, 0.717) is 5.69 Å². The first kappa shape index (κ1) is 19.1. The fourth-order valence-corrected chi connectivity index (χ4v) is 3.05. The molecule has 0 radical (unpaired) electrons. The van der Waals surface area contributed by atoms with Gasteiger partial charge in [0.15, 0.2) is 0 Å². The zero-order chi connectivity index (χ0) is 18.4. The highest BCUT2D eigenvalue weighted by molar-refractivity contribution is 7.88. The molecule has 0 atom stereocenters. The van der Waals surface area contributed by atoms with Crippen molar-refractivity contribution in [2.75, 3.05) is 18.1 Å². The summed E-state index contributed by atoms with van der Waals surface area (Å²) in [5.41, 5.74) is 2.42. The molecule has 0 bridgehead atoms. The summed E-state index contributed by atoms with van der Waals surface area (Å²) in [5, 5.41) is 2.62. The number of hydrogen-bond acceptors (Lipinski definition) is 3. The summed E-state index contributed by atoms with van der Waals surface area (Å²) in [4.78, 5) is 12.0. The van der Waals surface area contributed by atoms with E-state index in [0.717, 1.165) is 17.4 Å². The quantitative estimate of drug-likeness (QED) is 0.821. The standard InChI is InChI=1S/C18H21FN2O3S/c1-14-3-5-15(6-4-14)13-21(25(2,23)24)12-11-18(22)20-17-9-7-16(19)8-10-17/h3-10H,11-13H2,1-2H3,(H,20,22). The van der Waals surface area contributed by atoms with Crippen LogP contribution in [-0.4, -0.2) is 31.4 Å². The third-order valence-electron chi connectivity index (χ3n) is 3.66. The van der Waals surface area contributed by atoms with Gasteiger partial charge in [-0.15, -0.1) is 0 Å². The molecule has 0 saturated carbocycles. The molecule has 2 aromatic carbocycles. The van der Waals surface area contributed by atoms with E-state index < -0.39 is 10.0 Å². The highest BCUT2D eigenvalue weighted by atomic mass is 32.2. The second-order valence-electron chi connectivity index (χ2n) is 5.89. The van der Waals surface area contributed by atoms with Crippen LogP contribution in [0.4, 0.5) is 10.1 Å². The Morgan fingerprint density at radius 3 is 2.24 bits per heavy atom. The number of sulfonamides is 1. The zero-order valence-electron chi connectivity index (χ0n) is 14.2. The molecule has 0 aromatic heterocycles. The van der Waals surface area contributed by atoms with Crippen LogP contribution in [0.5, 0.6) is 0 Å². The normalized spacial score (nSPS) is 11.5. The molecule has 0 aliphatic rings. The number of halogens is 1. The third kappa shape index (κ3) is 6.28. The molecule has 0 unspecified atom stereocenters. The van der Waals surface area contributed by atoms with Crippen molar-refractivity contribution in [2.45, 2.75) is 19.9 Å². The molecule has 7 heteroatoms. The van der Waals surface area contributed by atoms with Crippen molar-refractivity contribution in [3.8, 4) is 0 Å². The van der Waals surface area contributed by atoms with Crippen LogP contribution in [0, 0.1) is 12.7 Å². The Bertz CT molecular complexity index is 818. The minimum Gasteiger partial charge on any atom is -0.326 e. The molecule has 0 fully saturated rings. The summed E-state index contributed by atoms with van der Waals surface area (Å²) in [5.74, 6) is -0.719. The van der Waals surface area contributed by atoms with Gasteiger partial charge >= 0.3 is 0 Å². The highest BCUT2D eigenvalue weighted by Crippen LogP contribution is 2.12. The van der Waals surface area contributed by atoms with Crippen LogP contribution in [0.15, 0.2) is 48.5 Å². The van der Waals surface area contributed by atoms with Crippen molar-refractivity contribution < 1.29 is 17.6 Å². The van der Waals surface area contributed by atoms with Gasteiger partial charge in [-0.2, -0.15) is 4.31 Å². The number of carbonyl (C=O) groups excluding carboxylic acids is 1. The Hall–Kier alpha value is -2.25. The number of anilines is 1. The first-order chi connectivity index (χ1) is 11.7. The van der Waals surface area contributed by atoms with Gasteiger partial charge in [0.2, 0.25) is 15.9 Å². The molecule has 1 amide bonds. The Morgan fingerprint density at radius 2 is 1.68 bits per heavy atom. The Kier molecular flexibility index (Phi) is 6.27. The molecule has 0 spiro atoms. The molecular formula is C18H21FN2O3S. The molecule has 0 saturated heterocycles. The van der Waals surface area contributed by atoms with E-state index >= 15 is 0 Å². The number of benzene rings is 2. The smallest absolute Gasteiger partial charge is 0.225 e. The molecule has 5 nitrogen and oxygen atoms in total. The fraction of sp³-hybridized carbons (Fsp3) is 0.278. The largest absolute Gasteiger partial charge is 0.326 e. The Labute approximate surface area is 147 Å². The first-order valence-corrected chi connectivity index (χ1v) is 9.65. The van der Waals surface area contributed by atoms with Crippen LogP contribution in [0.2, 0.25) is 0 Å². The van der Waals surface area contributed by atoms with Gasteiger partial charge in [0.25, 0.3) is 0 Å². The number of hydrogen-bond donors (Lipinski definition) is 1. The molecule has 1 N–H and O–H groups in total. The topological polar surface area (TPSA) is 66.5 Å². The second-order valence-corrected chi connectivity index (χ2v) is 7.87. The van der Waals surface area contributed by atoms with E-state index in [9.17, 15) is 17.6 Å². The molecule has 0 heterocycles. The number of carbonyl (C=O) groups is 1. The van der Waals surface area contributed by atoms with Crippen LogP contribution < -0.4 is 5.32 Å². The maximum absolute atomic E-state index is 12.9. The summed E-state index contributed by atoms with van der Waals surface area (Å²) in [6.45, 7) is 2.24. The third-order valence-corrected chi connectivity index (χ3v) is 4.91. The predicted octanol–water partition coefficient (Wildman–Crippen LogP) is 2.92. The average Bonchev–Trinajstić information content (AvgIpc) is 2.54. The van der Waals surface area contributed by atoms with Crippen molar-refractivity contribution in [2.24, 2.45) is 0 Å². The zero-order valence-corrected chi connectivity index (χ0v) is 15.0. The molecule has 134 valence electrons. The molecule has 2 rings (SSSR count). The Morgan fingerprint density at radius 1 is 1.08 bits per heavy atom. The van der Waals surface area contributed by atoms with Gasteiger partial charge in [-0.05, 0) is 36.8 Å². The minimum absolute atomic E-state index is 0.0102. The van der Waals surface area contributed by atoms with E-state index in [1.54, 1.807) is 0 Å². The number of aryl methyl sites for hydroxylation is 1. The molecule has 0 aliphatic heterocycles. The van der Waals surface area contributed by atoms with Crippen molar-refractivity contribution in [1.82, 2.24) is 4.31 Å². The van der Waals surface area contributed by atoms with Crippen LogP contribution in [0.1, 0.15) is 17.5 Å². The summed E-state index contributed by atoms with van der Waals surface area (Å²) >= 11 is 0. The van der Waals surface area contributed by atoms with Gasteiger partial charge < -0.3 is 5.32 Å². The SMILES string of the molecule is Cc1ccc(CN(CCC(=O)Nc2ccc(F)cc2)S(C)(=O)=O)cc1. The maximum Gasteiger partial charge on any atom is 0.225 e. The minimum atomic E-state index is -3.44. The van der Waals surface area contributed by atoms with Crippen LogP contribution in [-0.2, 0) is 21.4 Å². The van der Waals surface area contributed by atoms with Gasteiger partial charge in [-0.25, -0.2) is 12.8 Å². The van der Waals surface area contributed by atoms with Gasteiger partial charge in [0.1, 0.15) is 5.82 Å². The van der Waals surface area contributed by atoms with E-state index in [2.05, 4.69) is 5.32 Å². The maximum atomic E-state index is 12.9. The van der Waals surface area contributed by atoms with E-state index in [-0.39, 0.29) is 31.2 Å². The lowest BCUT2D eigenvalue weighted by Crippen LogP contribution is -2.32. The van der Waals surface area contributed by atoms with Crippen LogP contribution in [0.25, 0.3) is 0 Å². The Balaban J connectivity index is 1.96. The van der Waals surface area contributed by atoms with Gasteiger partial charge in [0.05, 0.1) is 6.26 Å². The monoisotopic (exact) mass is 364 g/mol. The van der Waals surface area contributed by atoms with Crippen LogP contribution >= 0.6 is 0 Å². The van der Waals surface area contributed by atoms with E-state index in [1.165, 1.54) is 28.6 Å². The van der Waals surface area contributed by atoms with Crippen molar-refractivity contribution in [3.05, 3.63) is 65.5 Å². The second kappa shape index (κ2) is 8.22. The summed E-state index contributed by atoms with van der Waals surface area (Å²) in [6, 6.07) is 13.0. The average molecular weight is 364 g/mol. The first-order valence-electron chi connectivity index (χ1n) is 7.80. The summed E-state index contributed by atoms with van der Waals surface area (Å²) in [7, 11) is -3.44. The lowest BCUT2D eigenvalue weighted by Gasteiger charge is -2.20. The molecule has 25 heavy (non-hydrogen) atoms. The van der Waals surface area contributed by atoms with Crippen molar-refractivity contribution in [3.63, 3.8) is 0 Å². The van der Waals surface area contributed by atoms with E-state index in [1.807, 2.05) is 31.2 Å². The number of nitrogens with zero attached hydrogens (tertiary/aromatic N) is 1. The highest BCUT2D eigenvalue weighted by Gasteiger charge is 2.18. The lowest BCUT2D eigenvalue weighted by molar-refractivity contribution is -0.116. The molecule has 2 aromatic rings.